The number of aliphatic hydroxyl groups excluding tert-OH is 1. The van der Waals surface area contributed by atoms with Gasteiger partial charge in [0, 0.05) is 18.7 Å². The molecular formula is C13H20N2O4. The summed E-state index contributed by atoms with van der Waals surface area (Å²) in [5.41, 5.74) is 0.0199. The topological polar surface area (TPSA) is 84.6 Å². The van der Waals surface area contributed by atoms with Crippen LogP contribution < -0.4 is 10.1 Å². The molecule has 1 atom stereocenters. The summed E-state index contributed by atoms with van der Waals surface area (Å²) >= 11 is 0. The minimum Gasteiger partial charge on any atom is -0.491 e. The fourth-order valence-corrected chi connectivity index (χ4v) is 1.45. The number of nitrogens with one attached hydrogen (secondary N) is 1. The fraction of sp³-hybridized carbons (Fsp3) is 0.538. The van der Waals surface area contributed by atoms with Gasteiger partial charge in [0.05, 0.1) is 4.92 Å². The molecule has 0 heterocycles. The lowest BCUT2D eigenvalue weighted by Crippen LogP contribution is -2.33. The van der Waals surface area contributed by atoms with Crippen molar-refractivity contribution in [1.29, 1.82) is 0 Å². The van der Waals surface area contributed by atoms with Crippen molar-refractivity contribution in [1.82, 2.24) is 5.32 Å². The van der Waals surface area contributed by atoms with E-state index >= 15 is 0 Å². The smallest absolute Gasteiger partial charge is 0.269 e. The molecule has 1 rings (SSSR count). The molecule has 0 aromatic heterocycles. The number of benzene rings is 1. The third-order valence-corrected chi connectivity index (χ3v) is 2.42. The predicted octanol–water partition coefficient (Wildman–Crippen LogP) is 1.58. The molecule has 106 valence electrons. The summed E-state index contributed by atoms with van der Waals surface area (Å²) in [4.78, 5) is 10.0. The van der Waals surface area contributed by atoms with Gasteiger partial charge in [-0.3, -0.25) is 10.1 Å². The number of ether oxygens (including phenoxy) is 1. The number of nitro benzene ring substituents is 1. The zero-order valence-electron chi connectivity index (χ0n) is 11.2. The third kappa shape index (κ3) is 6.17. The van der Waals surface area contributed by atoms with E-state index in [2.05, 4.69) is 19.2 Å². The minimum atomic E-state index is -0.603. The van der Waals surface area contributed by atoms with E-state index in [9.17, 15) is 15.2 Å². The Morgan fingerprint density at radius 3 is 2.47 bits per heavy atom. The molecule has 0 saturated heterocycles. The maximum Gasteiger partial charge on any atom is 0.269 e. The Morgan fingerprint density at radius 2 is 1.95 bits per heavy atom. The highest BCUT2D eigenvalue weighted by molar-refractivity contribution is 5.35. The van der Waals surface area contributed by atoms with E-state index in [4.69, 9.17) is 4.74 Å². The van der Waals surface area contributed by atoms with E-state index in [1.54, 1.807) is 0 Å². The molecule has 2 N–H and O–H groups in total. The maximum absolute atomic E-state index is 10.5. The van der Waals surface area contributed by atoms with Gasteiger partial charge in [-0.2, -0.15) is 0 Å². The number of hydrogen-bond donors (Lipinski definition) is 2. The van der Waals surface area contributed by atoms with E-state index in [0.717, 1.165) is 6.54 Å². The van der Waals surface area contributed by atoms with Crippen LogP contribution in [0.1, 0.15) is 13.8 Å². The van der Waals surface area contributed by atoms with Crippen LogP contribution in [0.2, 0.25) is 0 Å². The van der Waals surface area contributed by atoms with Crippen molar-refractivity contribution in [3.8, 4) is 5.75 Å². The Hall–Kier alpha value is -1.66. The number of hydrogen-bond acceptors (Lipinski definition) is 5. The normalized spacial score (nSPS) is 12.4. The fourth-order valence-electron chi connectivity index (χ4n) is 1.45. The highest BCUT2D eigenvalue weighted by Gasteiger charge is 2.07. The van der Waals surface area contributed by atoms with Crippen LogP contribution in [-0.2, 0) is 0 Å². The van der Waals surface area contributed by atoms with Gasteiger partial charge in [0.25, 0.3) is 5.69 Å². The molecule has 0 aliphatic carbocycles. The maximum atomic E-state index is 10.5. The van der Waals surface area contributed by atoms with Gasteiger partial charge in [-0.05, 0) is 24.6 Å². The minimum absolute atomic E-state index is 0.0199. The summed E-state index contributed by atoms with van der Waals surface area (Å²) in [6.45, 7) is 5.64. The molecule has 1 aromatic rings. The third-order valence-electron chi connectivity index (χ3n) is 2.42. The SMILES string of the molecule is CC(C)CNCC(O)COc1ccc([N+](=O)[O-])cc1. The van der Waals surface area contributed by atoms with Crippen LogP contribution in [0.25, 0.3) is 0 Å². The highest BCUT2D eigenvalue weighted by atomic mass is 16.6. The van der Waals surface area contributed by atoms with Crippen molar-refractivity contribution in [2.24, 2.45) is 5.92 Å². The van der Waals surface area contributed by atoms with Gasteiger partial charge in [-0.1, -0.05) is 13.8 Å². The molecule has 0 fully saturated rings. The largest absolute Gasteiger partial charge is 0.491 e. The summed E-state index contributed by atoms with van der Waals surface area (Å²) in [6, 6.07) is 5.79. The van der Waals surface area contributed by atoms with E-state index in [1.807, 2.05) is 0 Å². The van der Waals surface area contributed by atoms with Crippen molar-refractivity contribution < 1.29 is 14.8 Å². The standard InChI is InChI=1S/C13H20N2O4/c1-10(2)7-14-8-12(16)9-19-13-5-3-11(4-6-13)15(17)18/h3-6,10,12,14,16H,7-9H2,1-2H3. The summed E-state index contributed by atoms with van der Waals surface area (Å²) in [7, 11) is 0. The zero-order chi connectivity index (χ0) is 14.3. The average molecular weight is 268 g/mol. The summed E-state index contributed by atoms with van der Waals surface area (Å²) < 4.78 is 5.35. The lowest BCUT2D eigenvalue weighted by molar-refractivity contribution is -0.384. The number of nitrogens with zero attached hydrogens (tertiary/aromatic N) is 1. The monoisotopic (exact) mass is 268 g/mol. The first kappa shape index (κ1) is 15.4. The quantitative estimate of drug-likeness (QED) is 0.552. The van der Waals surface area contributed by atoms with Crippen molar-refractivity contribution in [3.63, 3.8) is 0 Å². The van der Waals surface area contributed by atoms with Crippen LogP contribution in [0.4, 0.5) is 5.69 Å². The van der Waals surface area contributed by atoms with Crippen LogP contribution in [0.3, 0.4) is 0 Å². The Labute approximate surface area is 112 Å². The van der Waals surface area contributed by atoms with E-state index < -0.39 is 11.0 Å². The first-order chi connectivity index (χ1) is 8.99. The highest BCUT2D eigenvalue weighted by Crippen LogP contribution is 2.17. The molecule has 0 amide bonds. The average Bonchev–Trinajstić information content (AvgIpc) is 2.36. The lowest BCUT2D eigenvalue weighted by Gasteiger charge is -2.14. The second-order valence-electron chi connectivity index (χ2n) is 4.77. The first-order valence-corrected chi connectivity index (χ1v) is 6.25. The Bertz CT molecular complexity index is 392. The Morgan fingerprint density at radius 1 is 1.32 bits per heavy atom. The predicted molar refractivity (Wildman–Crippen MR) is 72.3 cm³/mol. The van der Waals surface area contributed by atoms with Gasteiger partial charge < -0.3 is 15.2 Å². The lowest BCUT2D eigenvalue weighted by atomic mass is 10.2. The number of rotatable bonds is 8. The molecule has 1 aromatic carbocycles. The van der Waals surface area contributed by atoms with Gasteiger partial charge in [-0.25, -0.2) is 0 Å². The molecule has 0 aliphatic heterocycles. The van der Waals surface area contributed by atoms with Crippen molar-refractivity contribution >= 4 is 5.69 Å². The number of aliphatic hydroxyl groups is 1. The van der Waals surface area contributed by atoms with Crippen LogP contribution in [0, 0.1) is 16.0 Å². The van der Waals surface area contributed by atoms with Gasteiger partial charge in [0.2, 0.25) is 0 Å². The number of nitro groups is 1. The molecule has 0 saturated carbocycles. The van der Waals surface area contributed by atoms with Crippen LogP contribution in [-0.4, -0.2) is 35.8 Å². The molecular weight excluding hydrogens is 248 g/mol. The molecule has 19 heavy (non-hydrogen) atoms. The second kappa shape index (κ2) is 7.70. The first-order valence-electron chi connectivity index (χ1n) is 6.25. The van der Waals surface area contributed by atoms with E-state index in [0.29, 0.717) is 18.2 Å². The molecule has 0 bridgehead atoms. The molecule has 0 radical (unpaired) electrons. The van der Waals surface area contributed by atoms with Gasteiger partial charge in [0.1, 0.15) is 18.5 Å². The van der Waals surface area contributed by atoms with Gasteiger partial charge in [0.15, 0.2) is 0 Å². The van der Waals surface area contributed by atoms with E-state index in [-0.39, 0.29) is 12.3 Å². The van der Waals surface area contributed by atoms with Gasteiger partial charge in [-0.15, -0.1) is 0 Å². The van der Waals surface area contributed by atoms with Gasteiger partial charge >= 0.3 is 0 Å². The second-order valence-corrected chi connectivity index (χ2v) is 4.77. The molecule has 6 nitrogen and oxygen atoms in total. The molecule has 1 unspecified atom stereocenters. The van der Waals surface area contributed by atoms with Crippen molar-refractivity contribution in [2.75, 3.05) is 19.7 Å². The zero-order valence-corrected chi connectivity index (χ0v) is 11.2. The van der Waals surface area contributed by atoms with Crippen molar-refractivity contribution in [3.05, 3.63) is 34.4 Å². The van der Waals surface area contributed by atoms with E-state index in [1.165, 1.54) is 24.3 Å². The Balaban J connectivity index is 2.29. The Kier molecular flexibility index (Phi) is 6.24. The summed E-state index contributed by atoms with van der Waals surface area (Å²) in [6.07, 6.45) is -0.603. The van der Waals surface area contributed by atoms with Crippen LogP contribution >= 0.6 is 0 Å². The van der Waals surface area contributed by atoms with Crippen LogP contribution in [0.15, 0.2) is 24.3 Å². The summed E-state index contributed by atoms with van der Waals surface area (Å²) in [5, 5.41) is 23.3. The molecule has 0 aliphatic rings. The number of non-ortho nitro benzene ring substituents is 1. The summed E-state index contributed by atoms with van der Waals surface area (Å²) in [5.74, 6) is 1.04. The molecule has 6 heteroatoms. The van der Waals surface area contributed by atoms with Crippen LogP contribution in [0.5, 0.6) is 5.75 Å². The molecule has 0 spiro atoms. The van der Waals surface area contributed by atoms with Crippen molar-refractivity contribution in [2.45, 2.75) is 20.0 Å².